The molecule has 2 aromatic heterocycles. The normalized spacial score (nSPS) is 15.5. The molecule has 5 rings (SSSR count). The number of anilines is 5. The molecule has 11 nitrogen and oxygen atoms in total. The second kappa shape index (κ2) is 11.1. The Morgan fingerprint density at radius 1 is 1.10 bits per heavy atom. The van der Waals surface area contributed by atoms with Gasteiger partial charge < -0.3 is 20.4 Å². The number of nitrogens with one attached hydrogen (secondary N) is 4. The zero-order chi connectivity index (χ0) is 27.6. The number of nitrogens with zero attached hydrogens (tertiary/aromatic N) is 5. The highest BCUT2D eigenvalue weighted by Gasteiger charge is 2.35. The van der Waals surface area contributed by atoms with Gasteiger partial charge in [0.15, 0.2) is 5.82 Å². The van der Waals surface area contributed by atoms with Crippen molar-refractivity contribution in [3.8, 4) is 0 Å². The van der Waals surface area contributed by atoms with E-state index < -0.39 is 28.8 Å². The van der Waals surface area contributed by atoms with Crippen LogP contribution in [0.2, 0.25) is 0 Å². The second-order valence-electron chi connectivity index (χ2n) is 9.03. The molecule has 15 heteroatoms. The Hall–Kier alpha value is -3.79. The molecular formula is C24H26F3N9O2S. The molecule has 0 bridgehead atoms. The lowest BCUT2D eigenvalue weighted by Gasteiger charge is -2.32. The van der Waals surface area contributed by atoms with E-state index in [1.165, 1.54) is 0 Å². The molecule has 1 saturated heterocycles. The molecule has 1 aliphatic rings. The maximum absolute atomic E-state index is 13.8. The largest absolute Gasteiger partial charge is 0.421 e. The number of likely N-dealkylation sites (N-methyl/N-ethyl adjacent to an activating group) is 1. The minimum atomic E-state index is -4.71. The van der Waals surface area contributed by atoms with Crippen LogP contribution < -0.4 is 20.3 Å². The molecule has 5 N–H and O–H groups in total. The third kappa shape index (κ3) is 6.27. The topological polar surface area (TPSA) is 134 Å². The van der Waals surface area contributed by atoms with Crippen molar-refractivity contribution in [2.24, 2.45) is 0 Å². The minimum absolute atomic E-state index is 0.0456. The monoisotopic (exact) mass is 561 g/mol. The van der Waals surface area contributed by atoms with E-state index in [4.69, 9.17) is 4.55 Å². The van der Waals surface area contributed by atoms with Crippen LogP contribution >= 0.6 is 0 Å². The van der Waals surface area contributed by atoms with E-state index in [0.717, 1.165) is 42.9 Å². The summed E-state index contributed by atoms with van der Waals surface area (Å²) in [4.78, 5) is 12.5. The predicted molar refractivity (Wildman–Crippen MR) is 143 cm³/mol. The summed E-state index contributed by atoms with van der Waals surface area (Å²) in [5.74, 6) is 0.355. The first kappa shape index (κ1) is 26.8. The number of benzene rings is 2. The van der Waals surface area contributed by atoms with Gasteiger partial charge in [-0.3, -0.25) is 9.65 Å². The fraction of sp³-hybridized carbons (Fsp3) is 0.292. The number of H-pyrrole nitrogens is 1. The molecule has 1 fully saturated rings. The highest BCUT2D eigenvalue weighted by atomic mass is 32.2. The number of aromatic nitrogens is 4. The van der Waals surface area contributed by atoms with Gasteiger partial charge in [0.25, 0.3) is 0 Å². The van der Waals surface area contributed by atoms with E-state index in [2.05, 4.69) is 52.4 Å². The smallest absolute Gasteiger partial charge is 0.352 e. The van der Waals surface area contributed by atoms with Crippen molar-refractivity contribution in [1.29, 1.82) is 0 Å². The fourth-order valence-corrected chi connectivity index (χ4v) is 4.56. The highest BCUT2D eigenvalue weighted by Crippen LogP contribution is 2.36. The summed E-state index contributed by atoms with van der Waals surface area (Å²) in [5.41, 5.74) is 1.05. The van der Waals surface area contributed by atoms with Crippen LogP contribution in [-0.4, -0.2) is 67.1 Å². The van der Waals surface area contributed by atoms with Gasteiger partial charge in [-0.1, -0.05) is 18.2 Å². The van der Waals surface area contributed by atoms with Crippen LogP contribution in [0.4, 0.5) is 42.1 Å². The molecule has 1 aliphatic heterocycles. The quantitative estimate of drug-likeness (QED) is 0.204. The average molecular weight is 562 g/mol. The van der Waals surface area contributed by atoms with Gasteiger partial charge in [0.2, 0.25) is 17.2 Å². The van der Waals surface area contributed by atoms with Crippen LogP contribution in [0, 0.1) is 0 Å². The van der Waals surface area contributed by atoms with Crippen LogP contribution in [0.3, 0.4) is 0 Å². The first-order chi connectivity index (χ1) is 18.7. The summed E-state index contributed by atoms with van der Waals surface area (Å²) in [6.07, 6.45) is -4.00. The zero-order valence-corrected chi connectivity index (χ0v) is 21.6. The van der Waals surface area contributed by atoms with Crippen LogP contribution in [0.25, 0.3) is 10.9 Å². The minimum Gasteiger partial charge on any atom is -0.352 e. The summed E-state index contributed by atoms with van der Waals surface area (Å²) in [6, 6.07) is 12.0. The highest BCUT2D eigenvalue weighted by molar-refractivity contribution is 7.77. The lowest BCUT2D eigenvalue weighted by atomic mass is 10.1. The van der Waals surface area contributed by atoms with Gasteiger partial charge in [0.1, 0.15) is 11.4 Å². The molecule has 0 aliphatic carbocycles. The van der Waals surface area contributed by atoms with Crippen LogP contribution in [0.5, 0.6) is 0 Å². The van der Waals surface area contributed by atoms with Crippen LogP contribution in [-0.2, 0) is 24.0 Å². The molecule has 2 aromatic carbocycles. The first-order valence-corrected chi connectivity index (χ1v) is 13.1. The van der Waals surface area contributed by atoms with E-state index in [1.807, 2.05) is 6.07 Å². The Morgan fingerprint density at radius 3 is 2.62 bits per heavy atom. The van der Waals surface area contributed by atoms with E-state index in [1.54, 1.807) is 36.4 Å². The van der Waals surface area contributed by atoms with E-state index in [0.29, 0.717) is 23.1 Å². The van der Waals surface area contributed by atoms with Crippen LogP contribution in [0.1, 0.15) is 11.1 Å². The lowest BCUT2D eigenvalue weighted by Crippen LogP contribution is -2.44. The first-order valence-electron chi connectivity index (χ1n) is 12.0. The number of aromatic amines is 1. The summed E-state index contributed by atoms with van der Waals surface area (Å²) in [7, 11) is 2.08. The number of rotatable bonds is 8. The summed E-state index contributed by atoms with van der Waals surface area (Å²) in [5, 5.41) is 14.1. The Labute approximate surface area is 224 Å². The molecule has 206 valence electrons. The van der Waals surface area contributed by atoms with Crippen molar-refractivity contribution in [1.82, 2.24) is 29.8 Å². The maximum atomic E-state index is 13.8. The van der Waals surface area contributed by atoms with E-state index in [-0.39, 0.29) is 12.5 Å². The van der Waals surface area contributed by atoms with Crippen molar-refractivity contribution in [2.45, 2.75) is 12.7 Å². The predicted octanol–water partition coefficient (Wildman–Crippen LogP) is 3.84. The molecule has 0 spiro atoms. The third-order valence-electron chi connectivity index (χ3n) is 6.35. The van der Waals surface area contributed by atoms with Crippen molar-refractivity contribution >= 4 is 51.1 Å². The second-order valence-corrected chi connectivity index (χ2v) is 9.82. The van der Waals surface area contributed by atoms with Gasteiger partial charge in [-0.15, -0.1) is 0 Å². The maximum Gasteiger partial charge on any atom is 0.421 e. The van der Waals surface area contributed by atoms with Crippen LogP contribution in [0.15, 0.2) is 48.7 Å². The van der Waals surface area contributed by atoms with Gasteiger partial charge in [-0.25, -0.2) is 13.9 Å². The van der Waals surface area contributed by atoms with Gasteiger partial charge in [0.05, 0.1) is 5.52 Å². The summed E-state index contributed by atoms with van der Waals surface area (Å²) in [6.45, 7) is 3.56. The summed E-state index contributed by atoms with van der Waals surface area (Å²) < 4.78 is 63.7. The third-order valence-corrected chi connectivity index (χ3v) is 6.74. The Kier molecular flexibility index (Phi) is 7.65. The fourth-order valence-electron chi connectivity index (χ4n) is 4.28. The SMILES string of the molecule is CN1CCN(c2n[nH]c3cc(Nc4ncc(C(F)(F)F)c(Nc5ccccc5CNS(=O)O)n4)ccc23)CC1. The lowest BCUT2D eigenvalue weighted by molar-refractivity contribution is -0.137. The van der Waals surface area contributed by atoms with E-state index >= 15 is 0 Å². The van der Waals surface area contributed by atoms with Gasteiger partial charge in [0, 0.05) is 55.7 Å². The van der Waals surface area contributed by atoms with Gasteiger partial charge in [-0.05, 0) is 36.9 Å². The average Bonchev–Trinajstić information content (AvgIpc) is 3.31. The van der Waals surface area contributed by atoms with Crippen molar-refractivity contribution in [2.75, 3.05) is 48.8 Å². The number of fused-ring (bicyclic) bond motifs is 1. The number of piperazine rings is 1. The summed E-state index contributed by atoms with van der Waals surface area (Å²) >= 11 is -2.28. The van der Waals surface area contributed by atoms with Crippen molar-refractivity contribution in [3.63, 3.8) is 0 Å². The van der Waals surface area contributed by atoms with Gasteiger partial charge >= 0.3 is 6.18 Å². The molecule has 1 unspecified atom stereocenters. The number of hydrogen-bond acceptors (Lipinski definition) is 8. The molecule has 0 saturated carbocycles. The molecule has 0 amide bonds. The standard InChI is InChI=1S/C24H26F3N9O2S/c1-35-8-10-36(11-9-35)22-17-7-6-16(12-20(17)33-34-22)30-23-28-14-18(24(25,26)27)21(32-23)31-19-5-3-2-4-15(19)13-29-39(37)38/h2-7,12,14,29H,8-11,13H2,1H3,(H,33,34)(H,37,38)(H2,28,30,31,32). The number of hydrogen-bond donors (Lipinski definition) is 5. The molecule has 39 heavy (non-hydrogen) atoms. The van der Waals surface area contributed by atoms with Crippen molar-refractivity contribution < 1.29 is 21.9 Å². The Morgan fingerprint density at radius 2 is 1.87 bits per heavy atom. The van der Waals surface area contributed by atoms with E-state index in [9.17, 15) is 17.4 Å². The molecule has 0 radical (unpaired) electrons. The molecule has 1 atom stereocenters. The number of alkyl halides is 3. The molecule has 4 aromatic rings. The molecule has 3 heterocycles. The zero-order valence-electron chi connectivity index (χ0n) is 20.8. The Bertz CT molecular complexity index is 1490. The van der Waals surface area contributed by atoms with Crippen molar-refractivity contribution in [3.05, 3.63) is 59.8 Å². The molecular weight excluding hydrogens is 535 g/mol. The van der Waals surface area contributed by atoms with Gasteiger partial charge in [-0.2, -0.15) is 23.3 Å². The Balaban J connectivity index is 1.40. The number of halogens is 3. The number of para-hydroxylation sites is 1.